The Bertz CT molecular complexity index is 520. The van der Waals surface area contributed by atoms with Gasteiger partial charge in [0, 0.05) is 31.8 Å². The molecule has 0 heterocycles. The molecule has 0 radical (unpaired) electrons. The monoisotopic (exact) mass is 613 g/mol. The zero-order chi connectivity index (χ0) is 30.8. The van der Waals surface area contributed by atoms with Crippen LogP contribution in [0.15, 0.2) is 0 Å². The molecule has 0 atom stereocenters. The Morgan fingerprint density at radius 1 is 0.619 bits per heavy atom. The standard InChI is InChI=1S/C37H76N2O2S/c1-5-8-11-14-15-16-21-26-32-39(42-34-31-38-4)33-27-22-17-20-25-30-37(40)41-35-36(28-23-18-12-9-6-2)29-24-19-13-10-7-3/h36,38H,5-35H2,1-4H3. The summed E-state index contributed by atoms with van der Waals surface area (Å²) in [6, 6.07) is 0. The zero-order valence-corrected chi connectivity index (χ0v) is 30.0. The predicted octanol–water partition coefficient (Wildman–Crippen LogP) is 11.5. The highest BCUT2D eigenvalue weighted by Gasteiger charge is 2.12. The third-order valence-electron chi connectivity index (χ3n) is 8.59. The number of unbranched alkanes of at least 4 members (excludes halogenated alkanes) is 19. The molecule has 1 N–H and O–H groups in total. The highest BCUT2D eigenvalue weighted by molar-refractivity contribution is 7.97. The van der Waals surface area contributed by atoms with Gasteiger partial charge in [-0.05, 0) is 45.1 Å². The number of esters is 1. The number of carbonyl (C=O) groups excluding carboxylic acids is 1. The van der Waals surface area contributed by atoms with Crippen molar-refractivity contribution in [1.82, 2.24) is 9.62 Å². The van der Waals surface area contributed by atoms with Gasteiger partial charge in [0.25, 0.3) is 0 Å². The molecule has 0 saturated carbocycles. The maximum Gasteiger partial charge on any atom is 0.305 e. The maximum atomic E-state index is 12.5. The number of ether oxygens (including phenoxy) is 1. The van der Waals surface area contributed by atoms with Gasteiger partial charge in [0.05, 0.1) is 6.61 Å². The molecule has 252 valence electrons. The van der Waals surface area contributed by atoms with E-state index in [0.29, 0.717) is 18.9 Å². The topological polar surface area (TPSA) is 41.6 Å². The lowest BCUT2D eigenvalue weighted by atomic mass is 9.95. The Balaban J connectivity index is 4.04. The van der Waals surface area contributed by atoms with E-state index in [4.69, 9.17) is 4.74 Å². The molecule has 0 spiro atoms. The summed E-state index contributed by atoms with van der Waals surface area (Å²) in [5, 5.41) is 3.28. The average molecular weight is 613 g/mol. The van der Waals surface area contributed by atoms with Crippen LogP contribution < -0.4 is 5.32 Å². The van der Waals surface area contributed by atoms with Crippen LogP contribution in [0, 0.1) is 5.92 Å². The molecule has 0 aromatic heterocycles. The minimum Gasteiger partial charge on any atom is -0.465 e. The first kappa shape index (κ1) is 41.7. The van der Waals surface area contributed by atoms with Gasteiger partial charge in [0.1, 0.15) is 0 Å². The van der Waals surface area contributed by atoms with E-state index in [9.17, 15) is 4.79 Å². The van der Waals surface area contributed by atoms with E-state index in [0.717, 1.165) is 25.1 Å². The first-order chi connectivity index (χ1) is 20.7. The van der Waals surface area contributed by atoms with Crippen LogP contribution in [0.25, 0.3) is 0 Å². The Hall–Kier alpha value is -0.260. The molecule has 5 heteroatoms. The van der Waals surface area contributed by atoms with E-state index in [1.54, 1.807) is 0 Å². The molecule has 4 nitrogen and oxygen atoms in total. The average Bonchev–Trinajstić information content (AvgIpc) is 2.99. The largest absolute Gasteiger partial charge is 0.465 e. The van der Waals surface area contributed by atoms with Crippen molar-refractivity contribution in [3.63, 3.8) is 0 Å². The molecule has 0 aliphatic rings. The second kappa shape index (κ2) is 35.2. The van der Waals surface area contributed by atoms with Gasteiger partial charge in [-0.25, -0.2) is 0 Å². The van der Waals surface area contributed by atoms with Crippen LogP contribution >= 0.6 is 11.9 Å². The number of nitrogens with zero attached hydrogens (tertiary/aromatic N) is 1. The van der Waals surface area contributed by atoms with Crippen LogP contribution in [0.1, 0.15) is 188 Å². The van der Waals surface area contributed by atoms with Gasteiger partial charge >= 0.3 is 5.97 Å². The van der Waals surface area contributed by atoms with Crippen molar-refractivity contribution in [3.05, 3.63) is 0 Å². The Labute approximate surface area is 269 Å². The summed E-state index contributed by atoms with van der Waals surface area (Å²) < 4.78 is 8.41. The fourth-order valence-corrected chi connectivity index (χ4v) is 6.76. The molecular weight excluding hydrogens is 536 g/mol. The maximum absolute atomic E-state index is 12.5. The first-order valence-electron chi connectivity index (χ1n) is 18.9. The van der Waals surface area contributed by atoms with Crippen molar-refractivity contribution in [1.29, 1.82) is 0 Å². The van der Waals surface area contributed by atoms with Crippen LogP contribution in [0.3, 0.4) is 0 Å². The van der Waals surface area contributed by atoms with Crippen LogP contribution in [0.4, 0.5) is 0 Å². The second-order valence-corrected chi connectivity index (χ2v) is 14.0. The summed E-state index contributed by atoms with van der Waals surface area (Å²) in [7, 11) is 2.04. The molecule has 0 aliphatic heterocycles. The van der Waals surface area contributed by atoms with Gasteiger partial charge in [-0.2, -0.15) is 0 Å². The number of carbonyl (C=O) groups is 1. The highest BCUT2D eigenvalue weighted by atomic mass is 32.2. The zero-order valence-electron chi connectivity index (χ0n) is 29.2. The number of rotatable bonds is 35. The number of hydrogen-bond donors (Lipinski definition) is 1. The molecular formula is C37H76N2O2S. The van der Waals surface area contributed by atoms with Gasteiger partial charge in [-0.15, -0.1) is 0 Å². The smallest absolute Gasteiger partial charge is 0.305 e. The van der Waals surface area contributed by atoms with Crippen molar-refractivity contribution >= 4 is 17.9 Å². The summed E-state index contributed by atoms with van der Waals surface area (Å²) in [6.07, 6.45) is 33.3. The van der Waals surface area contributed by atoms with Crippen LogP contribution in [-0.4, -0.2) is 49.3 Å². The highest BCUT2D eigenvalue weighted by Crippen LogP contribution is 2.20. The second-order valence-electron chi connectivity index (χ2n) is 12.8. The minimum absolute atomic E-state index is 0.0365. The van der Waals surface area contributed by atoms with E-state index in [1.807, 2.05) is 19.0 Å². The SMILES string of the molecule is CCCCCCCCCCN(CCCCCCCC(=O)OCC(CCCCCCC)CCCCCCC)SCCNC. The van der Waals surface area contributed by atoms with Gasteiger partial charge < -0.3 is 10.1 Å². The van der Waals surface area contributed by atoms with Gasteiger partial charge in [-0.1, -0.05) is 161 Å². The molecule has 0 rings (SSSR count). The Morgan fingerprint density at radius 3 is 1.52 bits per heavy atom. The van der Waals surface area contributed by atoms with Crippen molar-refractivity contribution < 1.29 is 9.53 Å². The lowest BCUT2D eigenvalue weighted by Crippen LogP contribution is -2.22. The van der Waals surface area contributed by atoms with E-state index in [2.05, 4.69) is 30.4 Å². The molecule has 0 fully saturated rings. The van der Waals surface area contributed by atoms with Crippen LogP contribution in [0.5, 0.6) is 0 Å². The van der Waals surface area contributed by atoms with Gasteiger partial charge in [0.15, 0.2) is 0 Å². The van der Waals surface area contributed by atoms with E-state index in [-0.39, 0.29) is 5.97 Å². The minimum atomic E-state index is 0.0365. The molecule has 0 aliphatic carbocycles. The number of nitrogens with one attached hydrogen (secondary N) is 1. The van der Waals surface area contributed by atoms with E-state index >= 15 is 0 Å². The van der Waals surface area contributed by atoms with E-state index < -0.39 is 0 Å². The molecule has 0 bridgehead atoms. The molecule has 42 heavy (non-hydrogen) atoms. The molecule has 0 amide bonds. The van der Waals surface area contributed by atoms with Crippen LogP contribution in [-0.2, 0) is 9.53 Å². The number of hydrogen-bond acceptors (Lipinski definition) is 5. The van der Waals surface area contributed by atoms with Gasteiger partial charge in [-0.3, -0.25) is 9.10 Å². The summed E-state index contributed by atoms with van der Waals surface area (Å²) >= 11 is 2.03. The fourth-order valence-electron chi connectivity index (χ4n) is 5.69. The Kier molecular flexibility index (Phi) is 35.0. The molecule has 0 aromatic rings. The van der Waals surface area contributed by atoms with Gasteiger partial charge in [0.2, 0.25) is 0 Å². The molecule has 0 saturated heterocycles. The third-order valence-corrected chi connectivity index (χ3v) is 9.70. The lowest BCUT2D eigenvalue weighted by Gasteiger charge is -2.21. The fraction of sp³-hybridized carbons (Fsp3) is 0.973. The van der Waals surface area contributed by atoms with E-state index in [1.165, 1.54) is 161 Å². The normalized spacial score (nSPS) is 11.7. The van der Waals surface area contributed by atoms with Crippen molar-refractivity contribution in [2.75, 3.05) is 39.0 Å². The summed E-state index contributed by atoms with van der Waals surface area (Å²) in [5.41, 5.74) is 0. The van der Waals surface area contributed by atoms with Crippen molar-refractivity contribution in [2.24, 2.45) is 5.92 Å². The molecule has 0 aromatic carbocycles. The first-order valence-corrected chi connectivity index (χ1v) is 19.8. The van der Waals surface area contributed by atoms with Crippen LogP contribution in [0.2, 0.25) is 0 Å². The van der Waals surface area contributed by atoms with Crippen molar-refractivity contribution in [3.8, 4) is 0 Å². The summed E-state index contributed by atoms with van der Waals surface area (Å²) in [4.78, 5) is 12.5. The lowest BCUT2D eigenvalue weighted by molar-refractivity contribution is -0.145. The molecule has 0 unspecified atom stereocenters. The van der Waals surface area contributed by atoms with Crippen molar-refractivity contribution in [2.45, 2.75) is 188 Å². The Morgan fingerprint density at radius 2 is 1.05 bits per heavy atom. The summed E-state index contributed by atoms with van der Waals surface area (Å²) in [5.74, 6) is 1.76. The summed E-state index contributed by atoms with van der Waals surface area (Å²) in [6.45, 7) is 11.0. The quantitative estimate of drug-likeness (QED) is 0.0438. The predicted molar refractivity (Wildman–Crippen MR) is 189 cm³/mol. The third kappa shape index (κ3) is 31.2.